The van der Waals surface area contributed by atoms with E-state index in [2.05, 4.69) is 15.3 Å². The average Bonchev–Trinajstić information content (AvgIpc) is 3.11. The summed E-state index contributed by atoms with van der Waals surface area (Å²) in [7, 11) is 1.61. The Balaban J connectivity index is 1.89. The zero-order chi connectivity index (χ0) is 18.5. The first-order chi connectivity index (χ1) is 12.7. The van der Waals surface area contributed by atoms with Crippen LogP contribution in [0.3, 0.4) is 0 Å². The summed E-state index contributed by atoms with van der Waals surface area (Å²) in [6.07, 6.45) is 0. The van der Waals surface area contributed by atoms with Gasteiger partial charge >= 0.3 is 0 Å². The molecule has 2 N–H and O–H groups in total. The molecule has 0 bridgehead atoms. The van der Waals surface area contributed by atoms with Crippen LogP contribution in [0.5, 0.6) is 5.75 Å². The Morgan fingerprint density at radius 3 is 2.38 bits per heavy atom. The number of anilines is 1. The molecule has 0 fully saturated rings. The highest BCUT2D eigenvalue weighted by Gasteiger charge is 2.08. The second-order valence-corrected chi connectivity index (χ2v) is 5.26. The van der Waals surface area contributed by atoms with E-state index in [0.717, 1.165) is 22.3 Å². The summed E-state index contributed by atoms with van der Waals surface area (Å²) < 4.78 is 5.21. The van der Waals surface area contributed by atoms with Crippen molar-refractivity contribution in [2.45, 2.75) is 0 Å². The van der Waals surface area contributed by atoms with Gasteiger partial charge < -0.3 is 15.0 Å². The van der Waals surface area contributed by atoms with Crippen molar-refractivity contribution in [3.8, 4) is 35.3 Å². The predicted molar refractivity (Wildman–Crippen MR) is 95.6 cm³/mol. The summed E-state index contributed by atoms with van der Waals surface area (Å²) in [5.41, 5.74) is 2.79. The van der Waals surface area contributed by atoms with E-state index in [-0.39, 0.29) is 11.3 Å². The fraction of sp³-hybridized carbons (Fsp3) is 0.0526. The van der Waals surface area contributed by atoms with Gasteiger partial charge in [0.05, 0.1) is 18.1 Å². The Morgan fingerprint density at radius 1 is 1.04 bits per heavy atom. The maximum absolute atomic E-state index is 9.08. The monoisotopic (exact) mass is 340 g/mol. The van der Waals surface area contributed by atoms with E-state index < -0.39 is 0 Å². The number of H-pyrrole nitrogens is 1. The summed E-state index contributed by atoms with van der Waals surface area (Å²) >= 11 is 0. The zero-order valence-electron chi connectivity index (χ0n) is 13.7. The Hall–Kier alpha value is -4.28. The summed E-state index contributed by atoms with van der Waals surface area (Å²) in [6, 6.07) is 17.9. The molecule has 3 rings (SSSR count). The Bertz CT molecular complexity index is 1100. The highest BCUT2D eigenvalue weighted by Crippen LogP contribution is 2.25. The molecule has 0 aliphatic carbocycles. The van der Waals surface area contributed by atoms with Gasteiger partial charge in [-0.1, -0.05) is 0 Å². The van der Waals surface area contributed by atoms with E-state index in [1.807, 2.05) is 36.4 Å². The van der Waals surface area contributed by atoms with Gasteiger partial charge in [0.1, 0.15) is 35.5 Å². The molecule has 7 heteroatoms. The molecule has 26 heavy (non-hydrogen) atoms. The lowest BCUT2D eigenvalue weighted by Crippen LogP contribution is -2.00. The fourth-order valence-corrected chi connectivity index (χ4v) is 2.39. The molecule has 124 valence electrons. The number of imidazole rings is 1. The van der Waals surface area contributed by atoms with E-state index in [4.69, 9.17) is 20.5 Å². The molecule has 1 aromatic heterocycles. The lowest BCUT2D eigenvalue weighted by Gasteiger charge is -2.05. The Morgan fingerprint density at radius 2 is 1.77 bits per heavy atom. The number of rotatable bonds is 4. The third kappa shape index (κ3) is 3.17. The third-order valence-electron chi connectivity index (χ3n) is 3.70. The SMILES string of the molecule is COc1ccc2nc(-c3ccc(NC(C#N)=C(C#N)C#N)cc3)[nH]c2c1. The van der Waals surface area contributed by atoms with Gasteiger partial charge in [-0.25, -0.2) is 4.98 Å². The highest BCUT2D eigenvalue weighted by molar-refractivity contribution is 5.81. The van der Waals surface area contributed by atoms with Crippen LogP contribution in [-0.2, 0) is 0 Å². The van der Waals surface area contributed by atoms with Crippen molar-refractivity contribution in [2.75, 3.05) is 12.4 Å². The van der Waals surface area contributed by atoms with Crippen molar-refractivity contribution in [2.24, 2.45) is 0 Å². The van der Waals surface area contributed by atoms with Gasteiger partial charge in [-0.05, 0) is 36.4 Å². The lowest BCUT2D eigenvalue weighted by molar-refractivity contribution is 0.415. The second kappa shape index (κ2) is 7.09. The van der Waals surface area contributed by atoms with Gasteiger partial charge in [0.25, 0.3) is 0 Å². The predicted octanol–water partition coefficient (Wildman–Crippen LogP) is 3.48. The van der Waals surface area contributed by atoms with Crippen LogP contribution in [0.1, 0.15) is 0 Å². The molecule has 0 amide bonds. The number of hydrogen-bond acceptors (Lipinski definition) is 6. The van der Waals surface area contributed by atoms with Gasteiger partial charge in [0.15, 0.2) is 5.57 Å². The standard InChI is InChI=1S/C19H12N6O/c1-26-15-6-7-16-17(8-15)25-19(24-16)12-2-4-14(5-3-12)23-18(11-22)13(9-20)10-21/h2-8,23H,1H3,(H,24,25). The highest BCUT2D eigenvalue weighted by atomic mass is 16.5. The van der Waals surface area contributed by atoms with Crippen molar-refractivity contribution in [3.63, 3.8) is 0 Å². The van der Waals surface area contributed by atoms with E-state index in [1.54, 1.807) is 31.4 Å². The molecule has 0 aliphatic heterocycles. The van der Waals surface area contributed by atoms with Gasteiger partial charge in [0.2, 0.25) is 0 Å². The van der Waals surface area contributed by atoms with E-state index in [9.17, 15) is 0 Å². The van der Waals surface area contributed by atoms with Crippen molar-refractivity contribution in [1.29, 1.82) is 15.8 Å². The van der Waals surface area contributed by atoms with Crippen LogP contribution < -0.4 is 10.1 Å². The molecule has 3 aromatic rings. The largest absolute Gasteiger partial charge is 0.497 e. The molecular formula is C19H12N6O. The number of hydrogen-bond donors (Lipinski definition) is 2. The maximum atomic E-state index is 9.08. The Labute approximate surface area is 149 Å². The van der Waals surface area contributed by atoms with Crippen LogP contribution in [0, 0.1) is 34.0 Å². The number of aromatic nitrogens is 2. The number of methoxy groups -OCH3 is 1. The molecule has 2 aromatic carbocycles. The number of fused-ring (bicyclic) bond motifs is 1. The summed E-state index contributed by atoms with van der Waals surface area (Å²) in [5.74, 6) is 1.44. The number of aromatic amines is 1. The first-order valence-electron chi connectivity index (χ1n) is 7.54. The van der Waals surface area contributed by atoms with Gasteiger partial charge in [-0.15, -0.1) is 0 Å². The number of nitriles is 3. The average molecular weight is 340 g/mol. The smallest absolute Gasteiger partial charge is 0.163 e. The lowest BCUT2D eigenvalue weighted by atomic mass is 10.2. The summed E-state index contributed by atoms with van der Waals surface area (Å²) in [6.45, 7) is 0. The van der Waals surface area contributed by atoms with Crippen LogP contribution in [0.2, 0.25) is 0 Å². The van der Waals surface area contributed by atoms with Crippen molar-refractivity contribution in [3.05, 3.63) is 53.7 Å². The molecule has 0 saturated carbocycles. The molecule has 0 spiro atoms. The first kappa shape index (κ1) is 16.6. The van der Waals surface area contributed by atoms with Crippen LogP contribution in [-0.4, -0.2) is 17.1 Å². The molecular weight excluding hydrogens is 328 g/mol. The summed E-state index contributed by atoms with van der Waals surface area (Å²) in [5, 5.41) is 29.6. The van der Waals surface area contributed by atoms with Crippen LogP contribution in [0.4, 0.5) is 5.69 Å². The Kier molecular flexibility index (Phi) is 4.52. The molecule has 0 unspecified atom stereocenters. The minimum Gasteiger partial charge on any atom is -0.497 e. The van der Waals surface area contributed by atoms with Crippen molar-refractivity contribution in [1.82, 2.24) is 9.97 Å². The normalized spacial score (nSPS) is 9.62. The minimum absolute atomic E-state index is 0.0846. The van der Waals surface area contributed by atoms with Crippen LogP contribution in [0.25, 0.3) is 22.4 Å². The van der Waals surface area contributed by atoms with E-state index >= 15 is 0 Å². The molecule has 0 aliphatic rings. The van der Waals surface area contributed by atoms with Crippen molar-refractivity contribution < 1.29 is 4.74 Å². The third-order valence-corrected chi connectivity index (χ3v) is 3.70. The topological polar surface area (TPSA) is 121 Å². The molecule has 7 nitrogen and oxygen atoms in total. The molecule has 1 heterocycles. The van der Waals surface area contributed by atoms with Gasteiger partial charge in [0, 0.05) is 17.3 Å². The number of benzene rings is 2. The quantitative estimate of drug-likeness (QED) is 0.701. The minimum atomic E-state index is -0.261. The molecule has 0 atom stereocenters. The number of allylic oxidation sites excluding steroid dienone is 2. The van der Waals surface area contributed by atoms with E-state index in [1.165, 1.54) is 0 Å². The molecule has 0 saturated heterocycles. The van der Waals surface area contributed by atoms with E-state index in [0.29, 0.717) is 11.5 Å². The van der Waals surface area contributed by atoms with Gasteiger partial charge in [-0.3, -0.25) is 0 Å². The summed E-state index contributed by atoms with van der Waals surface area (Å²) in [4.78, 5) is 7.78. The zero-order valence-corrected chi connectivity index (χ0v) is 13.7. The van der Waals surface area contributed by atoms with Crippen molar-refractivity contribution >= 4 is 16.7 Å². The van der Waals surface area contributed by atoms with Gasteiger partial charge in [-0.2, -0.15) is 15.8 Å². The van der Waals surface area contributed by atoms with Crippen LogP contribution in [0.15, 0.2) is 53.7 Å². The number of nitrogens with one attached hydrogen (secondary N) is 2. The van der Waals surface area contributed by atoms with Crippen LogP contribution >= 0.6 is 0 Å². The molecule has 0 radical (unpaired) electrons. The maximum Gasteiger partial charge on any atom is 0.163 e. The number of nitrogens with zero attached hydrogens (tertiary/aromatic N) is 4. The first-order valence-corrected chi connectivity index (χ1v) is 7.54. The number of ether oxygens (including phenoxy) is 1. The fourth-order valence-electron chi connectivity index (χ4n) is 2.39. The second-order valence-electron chi connectivity index (χ2n) is 5.26.